The Balaban J connectivity index is 1.45. The van der Waals surface area contributed by atoms with Gasteiger partial charge in [-0.1, -0.05) is 24.3 Å². The Morgan fingerprint density at radius 3 is 2.50 bits per heavy atom. The van der Waals surface area contributed by atoms with Gasteiger partial charge in [-0.15, -0.1) is 11.3 Å². The minimum atomic E-state index is 0.176. The molecular weight excluding hydrogens is 366 g/mol. The van der Waals surface area contributed by atoms with Gasteiger partial charge in [0.15, 0.2) is 0 Å². The maximum Gasteiger partial charge on any atom is 0.149 e. The van der Waals surface area contributed by atoms with Gasteiger partial charge in [-0.05, 0) is 44.4 Å². The highest BCUT2D eigenvalue weighted by molar-refractivity contribution is 7.18. The molecular formula is C22H29N5S. The van der Waals surface area contributed by atoms with E-state index >= 15 is 0 Å². The molecule has 1 atom stereocenters. The standard InChI is InChI=1S/C22H29N5S/c1-14-7-5-6-8-18(14)13-26-9-11-27(12-10-26)16(3)21-24-20(23)19-15(2)17(4)28-22(19)25-21/h5-8,16H,9-13H2,1-4H3,(H2,23,24,25)/t16-/m0/s1. The quantitative estimate of drug-likeness (QED) is 0.721. The Morgan fingerprint density at radius 1 is 1.07 bits per heavy atom. The number of hydrogen-bond donors (Lipinski definition) is 1. The van der Waals surface area contributed by atoms with E-state index in [2.05, 4.69) is 66.7 Å². The number of aryl methyl sites for hydroxylation is 3. The highest BCUT2D eigenvalue weighted by Gasteiger charge is 2.25. The number of nitrogens with zero attached hydrogens (tertiary/aromatic N) is 4. The van der Waals surface area contributed by atoms with Gasteiger partial charge in [0.25, 0.3) is 0 Å². The number of anilines is 1. The molecule has 0 radical (unpaired) electrons. The summed E-state index contributed by atoms with van der Waals surface area (Å²) < 4.78 is 0. The summed E-state index contributed by atoms with van der Waals surface area (Å²) >= 11 is 1.72. The first kappa shape index (κ1) is 19.3. The molecule has 0 amide bonds. The van der Waals surface area contributed by atoms with Crippen molar-refractivity contribution in [2.45, 2.75) is 40.3 Å². The second kappa shape index (κ2) is 7.78. The van der Waals surface area contributed by atoms with Crippen LogP contribution >= 0.6 is 11.3 Å². The molecule has 0 bridgehead atoms. The molecule has 0 saturated carbocycles. The molecule has 3 heterocycles. The van der Waals surface area contributed by atoms with Gasteiger partial charge in [-0.2, -0.15) is 0 Å². The Morgan fingerprint density at radius 2 is 1.79 bits per heavy atom. The molecule has 2 N–H and O–H groups in total. The van der Waals surface area contributed by atoms with E-state index in [4.69, 9.17) is 10.7 Å². The van der Waals surface area contributed by atoms with Gasteiger partial charge in [-0.25, -0.2) is 9.97 Å². The zero-order valence-electron chi connectivity index (χ0n) is 17.2. The SMILES string of the molecule is Cc1ccccc1CN1CCN([C@@H](C)c2nc(N)c3c(C)c(C)sc3n2)CC1. The molecule has 4 rings (SSSR count). The fraction of sp³-hybridized carbons (Fsp3) is 0.455. The van der Waals surface area contributed by atoms with Crippen molar-refractivity contribution in [3.05, 3.63) is 51.7 Å². The smallest absolute Gasteiger partial charge is 0.149 e. The van der Waals surface area contributed by atoms with Crippen LogP contribution in [0.4, 0.5) is 5.82 Å². The maximum absolute atomic E-state index is 6.29. The normalized spacial score (nSPS) is 17.3. The molecule has 1 saturated heterocycles. The van der Waals surface area contributed by atoms with Gasteiger partial charge < -0.3 is 5.73 Å². The zero-order valence-corrected chi connectivity index (χ0v) is 18.0. The highest BCUT2D eigenvalue weighted by atomic mass is 32.1. The second-order valence-corrected chi connectivity index (χ2v) is 9.05. The van der Waals surface area contributed by atoms with Crippen molar-refractivity contribution in [3.63, 3.8) is 0 Å². The number of rotatable bonds is 4. The van der Waals surface area contributed by atoms with Crippen molar-refractivity contribution in [2.75, 3.05) is 31.9 Å². The zero-order chi connectivity index (χ0) is 19.8. The summed E-state index contributed by atoms with van der Waals surface area (Å²) in [6.07, 6.45) is 0. The van der Waals surface area contributed by atoms with Crippen molar-refractivity contribution < 1.29 is 0 Å². The summed E-state index contributed by atoms with van der Waals surface area (Å²) in [5.74, 6) is 1.46. The predicted molar refractivity (Wildman–Crippen MR) is 118 cm³/mol. The van der Waals surface area contributed by atoms with Crippen LogP contribution in [-0.4, -0.2) is 45.9 Å². The average Bonchev–Trinajstić information content (AvgIpc) is 2.98. The lowest BCUT2D eigenvalue weighted by molar-refractivity contribution is 0.0948. The summed E-state index contributed by atoms with van der Waals surface area (Å²) in [5.41, 5.74) is 10.3. The minimum Gasteiger partial charge on any atom is -0.383 e. The fourth-order valence-electron chi connectivity index (χ4n) is 3.99. The van der Waals surface area contributed by atoms with E-state index in [1.54, 1.807) is 11.3 Å². The largest absolute Gasteiger partial charge is 0.383 e. The molecule has 0 aliphatic carbocycles. The molecule has 28 heavy (non-hydrogen) atoms. The fourth-order valence-corrected chi connectivity index (χ4v) is 5.03. The van der Waals surface area contributed by atoms with Crippen LogP contribution in [0.25, 0.3) is 10.2 Å². The van der Waals surface area contributed by atoms with Crippen molar-refractivity contribution in [1.82, 2.24) is 19.8 Å². The molecule has 1 aromatic carbocycles. The van der Waals surface area contributed by atoms with E-state index in [0.29, 0.717) is 5.82 Å². The number of hydrogen-bond acceptors (Lipinski definition) is 6. The first-order valence-corrected chi connectivity index (χ1v) is 10.8. The van der Waals surface area contributed by atoms with Gasteiger partial charge in [0.1, 0.15) is 16.5 Å². The van der Waals surface area contributed by atoms with Gasteiger partial charge in [0.2, 0.25) is 0 Å². The lowest BCUT2D eigenvalue weighted by Crippen LogP contribution is -2.47. The Labute approximate surface area is 171 Å². The maximum atomic E-state index is 6.29. The van der Waals surface area contributed by atoms with Gasteiger partial charge in [0, 0.05) is 37.6 Å². The number of fused-ring (bicyclic) bond motifs is 1. The van der Waals surface area contributed by atoms with Crippen molar-refractivity contribution >= 4 is 27.4 Å². The summed E-state index contributed by atoms with van der Waals surface area (Å²) in [6.45, 7) is 13.8. The van der Waals surface area contributed by atoms with Gasteiger partial charge in [-0.3, -0.25) is 9.80 Å². The van der Waals surface area contributed by atoms with Gasteiger partial charge in [0.05, 0.1) is 11.4 Å². The van der Waals surface area contributed by atoms with Crippen molar-refractivity contribution in [1.29, 1.82) is 0 Å². The molecule has 0 spiro atoms. The van der Waals surface area contributed by atoms with Crippen LogP contribution < -0.4 is 5.73 Å². The minimum absolute atomic E-state index is 0.176. The first-order valence-electron chi connectivity index (χ1n) is 9.98. The van der Waals surface area contributed by atoms with Crippen LogP contribution in [-0.2, 0) is 6.54 Å². The van der Waals surface area contributed by atoms with Crippen LogP contribution in [0.1, 0.15) is 40.4 Å². The third kappa shape index (κ3) is 3.64. The van der Waals surface area contributed by atoms with E-state index in [0.717, 1.165) is 48.8 Å². The third-order valence-corrected chi connectivity index (χ3v) is 7.16. The number of benzene rings is 1. The lowest BCUT2D eigenvalue weighted by Gasteiger charge is -2.37. The summed E-state index contributed by atoms with van der Waals surface area (Å²) in [7, 11) is 0. The number of nitrogens with two attached hydrogens (primary N) is 1. The molecule has 5 nitrogen and oxygen atoms in total. The molecule has 1 fully saturated rings. The Kier molecular flexibility index (Phi) is 5.36. The molecule has 6 heteroatoms. The van der Waals surface area contributed by atoms with E-state index < -0.39 is 0 Å². The molecule has 1 aliphatic heterocycles. The number of thiophene rings is 1. The van der Waals surface area contributed by atoms with Crippen LogP contribution in [0, 0.1) is 20.8 Å². The first-order chi connectivity index (χ1) is 13.4. The summed E-state index contributed by atoms with van der Waals surface area (Å²) in [5, 5.41) is 1.03. The van der Waals surface area contributed by atoms with Crippen LogP contribution in [0.5, 0.6) is 0 Å². The Hall–Kier alpha value is -2.02. The second-order valence-electron chi connectivity index (χ2n) is 7.85. The molecule has 148 valence electrons. The third-order valence-electron chi connectivity index (χ3n) is 6.06. The van der Waals surface area contributed by atoms with Crippen LogP contribution in [0.3, 0.4) is 0 Å². The Bertz CT molecular complexity index is 988. The van der Waals surface area contributed by atoms with E-state index in [9.17, 15) is 0 Å². The summed E-state index contributed by atoms with van der Waals surface area (Å²) in [6, 6.07) is 8.85. The molecule has 1 aliphatic rings. The highest BCUT2D eigenvalue weighted by Crippen LogP contribution is 2.33. The number of aromatic nitrogens is 2. The molecule has 3 aromatic rings. The van der Waals surface area contributed by atoms with E-state index in [-0.39, 0.29) is 6.04 Å². The van der Waals surface area contributed by atoms with Gasteiger partial charge >= 0.3 is 0 Å². The lowest BCUT2D eigenvalue weighted by atomic mass is 10.1. The van der Waals surface area contributed by atoms with E-state index in [1.165, 1.54) is 21.6 Å². The van der Waals surface area contributed by atoms with Crippen LogP contribution in [0.15, 0.2) is 24.3 Å². The predicted octanol–water partition coefficient (Wildman–Crippen LogP) is 4.08. The van der Waals surface area contributed by atoms with Crippen molar-refractivity contribution in [3.8, 4) is 0 Å². The monoisotopic (exact) mass is 395 g/mol. The number of piperazine rings is 1. The topological polar surface area (TPSA) is 58.3 Å². The van der Waals surface area contributed by atoms with Crippen molar-refractivity contribution in [2.24, 2.45) is 0 Å². The molecule has 0 unspecified atom stereocenters. The van der Waals surface area contributed by atoms with Crippen LogP contribution in [0.2, 0.25) is 0 Å². The number of nitrogen functional groups attached to an aromatic ring is 1. The van der Waals surface area contributed by atoms with E-state index in [1.807, 2.05) is 0 Å². The summed E-state index contributed by atoms with van der Waals surface area (Å²) in [4.78, 5) is 16.8. The average molecular weight is 396 g/mol. The molecule has 2 aromatic heterocycles.